The van der Waals surface area contributed by atoms with E-state index in [1.54, 1.807) is 20.3 Å². The topological polar surface area (TPSA) is 67.5 Å². The maximum atomic E-state index is 11.9. The van der Waals surface area contributed by atoms with E-state index in [4.69, 9.17) is 9.47 Å². The van der Waals surface area contributed by atoms with Crippen LogP contribution in [0.25, 0.3) is 0 Å². The first-order valence-corrected chi connectivity index (χ1v) is 9.17. The van der Waals surface area contributed by atoms with E-state index in [1.807, 2.05) is 19.1 Å². The largest absolute Gasteiger partial charge is 0.493 e. The van der Waals surface area contributed by atoms with Crippen molar-refractivity contribution in [3.8, 4) is 11.5 Å². The summed E-state index contributed by atoms with van der Waals surface area (Å²) in [4.78, 5) is 21.9. The first-order valence-electron chi connectivity index (χ1n) is 9.17. The quantitative estimate of drug-likeness (QED) is 0.861. The minimum absolute atomic E-state index is 0.0570. The van der Waals surface area contributed by atoms with Gasteiger partial charge in [0.2, 0.25) is 0 Å². The van der Waals surface area contributed by atoms with Gasteiger partial charge in [-0.05, 0) is 31.9 Å². The minimum Gasteiger partial charge on any atom is -0.493 e. The van der Waals surface area contributed by atoms with Crippen LogP contribution in [-0.2, 0) is 13.0 Å². The second kappa shape index (κ2) is 8.36. The molecule has 0 radical (unpaired) electrons. The lowest BCUT2D eigenvalue weighted by Gasteiger charge is -2.32. The van der Waals surface area contributed by atoms with Gasteiger partial charge in [0.05, 0.1) is 14.2 Å². The maximum Gasteiger partial charge on any atom is 0.251 e. The number of nitrogens with zero attached hydrogens (tertiary/aromatic N) is 2. The average molecular weight is 357 g/mol. The number of aromatic amines is 1. The highest BCUT2D eigenvalue weighted by molar-refractivity contribution is 5.46. The molecule has 2 heterocycles. The number of ether oxygens (including phenoxy) is 2. The van der Waals surface area contributed by atoms with Crippen molar-refractivity contribution in [3.05, 3.63) is 51.7 Å². The number of rotatable bonds is 6. The lowest BCUT2D eigenvalue weighted by atomic mass is 9.96. The van der Waals surface area contributed by atoms with Gasteiger partial charge in [-0.15, -0.1) is 0 Å². The van der Waals surface area contributed by atoms with Crippen LogP contribution in [-0.4, -0.2) is 42.2 Å². The van der Waals surface area contributed by atoms with Gasteiger partial charge in [0.15, 0.2) is 11.5 Å². The number of para-hydroxylation sites is 1. The van der Waals surface area contributed by atoms with Gasteiger partial charge >= 0.3 is 0 Å². The molecule has 140 valence electrons. The zero-order valence-electron chi connectivity index (χ0n) is 15.7. The third-order valence-corrected chi connectivity index (χ3v) is 4.95. The molecular weight excluding hydrogens is 330 g/mol. The molecule has 1 aliphatic rings. The predicted octanol–water partition coefficient (Wildman–Crippen LogP) is 2.73. The summed E-state index contributed by atoms with van der Waals surface area (Å²) in [7, 11) is 3.33. The van der Waals surface area contributed by atoms with Crippen LogP contribution in [0.3, 0.4) is 0 Å². The average Bonchev–Trinajstić information content (AvgIpc) is 2.67. The van der Waals surface area contributed by atoms with Crippen LogP contribution < -0.4 is 15.0 Å². The summed E-state index contributed by atoms with van der Waals surface area (Å²) in [5.41, 5.74) is 1.91. The van der Waals surface area contributed by atoms with Crippen LogP contribution in [0.1, 0.15) is 42.8 Å². The Hall–Kier alpha value is -2.34. The Bertz CT molecular complexity index is 803. The Balaban J connectivity index is 1.77. The molecule has 1 saturated heterocycles. The number of aromatic nitrogens is 2. The minimum atomic E-state index is -0.0570. The molecule has 0 amide bonds. The molecule has 0 spiro atoms. The maximum absolute atomic E-state index is 11.9. The fourth-order valence-electron chi connectivity index (χ4n) is 3.64. The Morgan fingerprint density at radius 1 is 1.31 bits per heavy atom. The van der Waals surface area contributed by atoms with Gasteiger partial charge < -0.3 is 14.5 Å². The number of piperidine rings is 1. The third-order valence-electron chi connectivity index (χ3n) is 4.95. The van der Waals surface area contributed by atoms with E-state index in [9.17, 15) is 4.79 Å². The first kappa shape index (κ1) is 18.5. The highest BCUT2D eigenvalue weighted by Crippen LogP contribution is 2.33. The van der Waals surface area contributed by atoms with Gasteiger partial charge in [-0.25, -0.2) is 4.98 Å². The van der Waals surface area contributed by atoms with Crippen LogP contribution in [0.2, 0.25) is 0 Å². The number of hydrogen-bond acceptors (Lipinski definition) is 5. The second-order valence-corrected chi connectivity index (χ2v) is 6.70. The standard InChI is InChI=1S/C20H27N3O3/c1-4-16-11-18(24)22-20(21-16)15-8-6-10-23(13-15)12-14-7-5-9-17(25-2)19(14)26-3/h5,7,9,11,15H,4,6,8,10,12-13H2,1-3H3,(H,21,22,24)/t15-/m1/s1. The van der Waals surface area contributed by atoms with E-state index in [1.165, 1.54) is 0 Å². The summed E-state index contributed by atoms with van der Waals surface area (Å²) >= 11 is 0. The summed E-state index contributed by atoms with van der Waals surface area (Å²) in [6.07, 6.45) is 2.90. The number of aryl methyl sites for hydroxylation is 1. The van der Waals surface area contributed by atoms with Crippen LogP contribution in [0, 0.1) is 0 Å². The van der Waals surface area contributed by atoms with Crippen molar-refractivity contribution in [2.45, 2.75) is 38.6 Å². The van der Waals surface area contributed by atoms with E-state index < -0.39 is 0 Å². The third kappa shape index (κ3) is 4.07. The second-order valence-electron chi connectivity index (χ2n) is 6.70. The van der Waals surface area contributed by atoms with E-state index in [0.717, 1.165) is 67.5 Å². The zero-order valence-corrected chi connectivity index (χ0v) is 15.7. The number of benzene rings is 1. The number of methoxy groups -OCH3 is 2. The zero-order chi connectivity index (χ0) is 18.5. The first-order chi connectivity index (χ1) is 12.6. The molecule has 1 N–H and O–H groups in total. The molecule has 3 rings (SSSR count). The SMILES string of the molecule is CCc1cc(=O)[nH]c([C@@H]2CCCN(Cc3cccc(OC)c3OC)C2)n1. The molecule has 0 saturated carbocycles. The predicted molar refractivity (Wildman–Crippen MR) is 101 cm³/mol. The van der Waals surface area contributed by atoms with Gasteiger partial charge in [-0.2, -0.15) is 0 Å². The number of H-pyrrole nitrogens is 1. The molecule has 1 aromatic heterocycles. The van der Waals surface area contributed by atoms with Gasteiger partial charge in [0.1, 0.15) is 5.82 Å². The fraction of sp³-hybridized carbons (Fsp3) is 0.500. The Morgan fingerprint density at radius 2 is 2.15 bits per heavy atom. The van der Waals surface area contributed by atoms with Gasteiger partial charge in [0, 0.05) is 36.3 Å². The lowest BCUT2D eigenvalue weighted by Crippen LogP contribution is -2.35. The van der Waals surface area contributed by atoms with E-state index >= 15 is 0 Å². The molecule has 2 aromatic rings. The Morgan fingerprint density at radius 3 is 2.88 bits per heavy atom. The molecule has 1 atom stereocenters. The van der Waals surface area contributed by atoms with E-state index in [2.05, 4.69) is 20.9 Å². The molecular formula is C20H27N3O3. The molecule has 1 fully saturated rings. The van der Waals surface area contributed by atoms with Crippen molar-refractivity contribution in [3.63, 3.8) is 0 Å². The van der Waals surface area contributed by atoms with Gasteiger partial charge in [-0.3, -0.25) is 9.69 Å². The normalized spacial score (nSPS) is 17.9. The molecule has 0 aliphatic carbocycles. The van der Waals surface area contributed by atoms with Gasteiger partial charge in [-0.1, -0.05) is 19.1 Å². The molecule has 0 bridgehead atoms. The summed E-state index contributed by atoms with van der Waals surface area (Å²) in [5.74, 6) is 2.60. The van der Waals surface area contributed by atoms with Crippen molar-refractivity contribution in [1.82, 2.24) is 14.9 Å². The fourth-order valence-corrected chi connectivity index (χ4v) is 3.64. The smallest absolute Gasteiger partial charge is 0.251 e. The highest BCUT2D eigenvalue weighted by Gasteiger charge is 2.24. The molecule has 26 heavy (non-hydrogen) atoms. The van der Waals surface area contributed by atoms with Crippen molar-refractivity contribution in [2.75, 3.05) is 27.3 Å². The van der Waals surface area contributed by atoms with Crippen LogP contribution >= 0.6 is 0 Å². The van der Waals surface area contributed by atoms with Crippen molar-refractivity contribution in [1.29, 1.82) is 0 Å². The molecule has 0 unspecified atom stereocenters. The molecule has 6 heteroatoms. The van der Waals surface area contributed by atoms with Crippen LogP contribution in [0.4, 0.5) is 0 Å². The monoisotopic (exact) mass is 357 g/mol. The number of hydrogen-bond donors (Lipinski definition) is 1. The van der Waals surface area contributed by atoms with Crippen LogP contribution in [0.5, 0.6) is 11.5 Å². The van der Waals surface area contributed by atoms with Crippen molar-refractivity contribution < 1.29 is 9.47 Å². The van der Waals surface area contributed by atoms with Gasteiger partial charge in [0.25, 0.3) is 5.56 Å². The molecule has 1 aliphatic heterocycles. The molecule has 1 aromatic carbocycles. The summed E-state index contributed by atoms with van der Waals surface area (Å²) in [5, 5.41) is 0. The number of nitrogens with one attached hydrogen (secondary N) is 1. The Kier molecular flexibility index (Phi) is 5.93. The van der Waals surface area contributed by atoms with E-state index in [-0.39, 0.29) is 11.5 Å². The Labute approximate surface area is 154 Å². The van der Waals surface area contributed by atoms with Crippen molar-refractivity contribution in [2.24, 2.45) is 0 Å². The van der Waals surface area contributed by atoms with Crippen LogP contribution in [0.15, 0.2) is 29.1 Å². The van der Waals surface area contributed by atoms with Crippen molar-refractivity contribution >= 4 is 0 Å². The molecule has 6 nitrogen and oxygen atoms in total. The highest BCUT2D eigenvalue weighted by atomic mass is 16.5. The summed E-state index contributed by atoms with van der Waals surface area (Å²) in [6, 6.07) is 7.56. The summed E-state index contributed by atoms with van der Waals surface area (Å²) in [6.45, 7) is 4.70. The lowest BCUT2D eigenvalue weighted by molar-refractivity contribution is 0.193. The summed E-state index contributed by atoms with van der Waals surface area (Å²) < 4.78 is 11.0. The van der Waals surface area contributed by atoms with E-state index in [0.29, 0.717) is 0 Å². The number of likely N-dealkylation sites (tertiary alicyclic amines) is 1.